The van der Waals surface area contributed by atoms with Crippen LogP contribution < -0.4 is 4.74 Å². The third-order valence-electron chi connectivity index (χ3n) is 2.31. The Bertz CT molecular complexity index is 404. The van der Waals surface area contributed by atoms with Crippen molar-refractivity contribution in [2.24, 2.45) is 0 Å². The molecule has 0 saturated carbocycles. The number of fused-ring (bicyclic) bond motifs is 1. The predicted molar refractivity (Wildman–Crippen MR) is 55.8 cm³/mol. The van der Waals surface area contributed by atoms with Crippen molar-refractivity contribution < 1.29 is 19.7 Å². The van der Waals surface area contributed by atoms with E-state index in [2.05, 4.69) is 15.9 Å². The van der Waals surface area contributed by atoms with Crippen LogP contribution in [-0.4, -0.2) is 22.3 Å². The fourth-order valence-electron chi connectivity index (χ4n) is 1.57. The maximum Gasteiger partial charge on any atom is 0.345 e. The molecule has 1 aliphatic heterocycles. The first-order valence-electron chi connectivity index (χ1n) is 4.45. The zero-order chi connectivity index (χ0) is 11.0. The molecule has 2 atom stereocenters. The van der Waals surface area contributed by atoms with E-state index in [0.29, 0.717) is 11.3 Å². The van der Waals surface area contributed by atoms with Gasteiger partial charge in [0.1, 0.15) is 5.75 Å². The third kappa shape index (κ3) is 1.98. The molecule has 0 amide bonds. The van der Waals surface area contributed by atoms with Gasteiger partial charge >= 0.3 is 5.97 Å². The highest BCUT2D eigenvalue weighted by atomic mass is 79.9. The molecular weight excluding hydrogens is 264 g/mol. The molecule has 1 aromatic carbocycles. The van der Waals surface area contributed by atoms with Gasteiger partial charge in [0.2, 0.25) is 0 Å². The summed E-state index contributed by atoms with van der Waals surface area (Å²) >= 11 is 3.28. The van der Waals surface area contributed by atoms with Gasteiger partial charge in [-0.15, -0.1) is 0 Å². The van der Waals surface area contributed by atoms with Crippen molar-refractivity contribution in [1.82, 2.24) is 0 Å². The van der Waals surface area contributed by atoms with Crippen LogP contribution in [-0.2, 0) is 4.79 Å². The summed E-state index contributed by atoms with van der Waals surface area (Å²) in [5.41, 5.74) is 0.627. The monoisotopic (exact) mass is 272 g/mol. The highest BCUT2D eigenvalue weighted by molar-refractivity contribution is 9.10. The van der Waals surface area contributed by atoms with E-state index in [1.54, 1.807) is 18.2 Å². The zero-order valence-corrected chi connectivity index (χ0v) is 9.27. The summed E-state index contributed by atoms with van der Waals surface area (Å²) in [7, 11) is 0. The van der Waals surface area contributed by atoms with Crippen LogP contribution >= 0.6 is 15.9 Å². The SMILES string of the molecule is O=C(O)C1CC(O)c2cc(Br)ccc2O1. The number of carboxylic acid groups (broad SMARTS) is 1. The molecule has 0 fully saturated rings. The topological polar surface area (TPSA) is 66.8 Å². The van der Waals surface area contributed by atoms with Gasteiger partial charge in [-0.3, -0.25) is 0 Å². The van der Waals surface area contributed by atoms with Crippen LogP contribution in [0.3, 0.4) is 0 Å². The quantitative estimate of drug-likeness (QED) is 0.817. The minimum atomic E-state index is -1.05. The van der Waals surface area contributed by atoms with Crippen LogP contribution in [0.5, 0.6) is 5.75 Å². The van der Waals surface area contributed by atoms with Gasteiger partial charge < -0.3 is 14.9 Å². The number of carboxylic acids is 1. The second kappa shape index (κ2) is 3.83. The largest absolute Gasteiger partial charge is 0.479 e. The first-order chi connectivity index (χ1) is 7.08. The third-order valence-corrected chi connectivity index (χ3v) is 2.81. The van der Waals surface area contributed by atoms with E-state index in [1.807, 2.05) is 0 Å². The first kappa shape index (κ1) is 10.4. The summed E-state index contributed by atoms with van der Waals surface area (Å²) in [6, 6.07) is 5.13. The Morgan fingerprint density at radius 1 is 1.53 bits per heavy atom. The number of carbonyl (C=O) groups is 1. The van der Waals surface area contributed by atoms with E-state index in [4.69, 9.17) is 9.84 Å². The van der Waals surface area contributed by atoms with E-state index in [9.17, 15) is 9.90 Å². The summed E-state index contributed by atoms with van der Waals surface area (Å²) in [6.45, 7) is 0. The minimum absolute atomic E-state index is 0.0821. The van der Waals surface area contributed by atoms with Crippen molar-refractivity contribution in [2.45, 2.75) is 18.6 Å². The number of aliphatic hydroxyl groups is 1. The van der Waals surface area contributed by atoms with Crippen LogP contribution in [0.2, 0.25) is 0 Å². The van der Waals surface area contributed by atoms with E-state index in [-0.39, 0.29) is 6.42 Å². The number of benzene rings is 1. The number of ether oxygens (including phenoxy) is 1. The fourth-order valence-corrected chi connectivity index (χ4v) is 1.95. The number of hydrogen-bond acceptors (Lipinski definition) is 3. The van der Waals surface area contributed by atoms with Gasteiger partial charge in [0.15, 0.2) is 6.10 Å². The van der Waals surface area contributed by atoms with Crippen LogP contribution in [0, 0.1) is 0 Å². The Balaban J connectivity index is 2.36. The van der Waals surface area contributed by atoms with Crippen molar-refractivity contribution in [3.05, 3.63) is 28.2 Å². The number of halogens is 1. The molecule has 0 radical (unpaired) electrons. The average Bonchev–Trinajstić information content (AvgIpc) is 2.18. The molecule has 80 valence electrons. The van der Waals surface area contributed by atoms with Crippen molar-refractivity contribution in [2.75, 3.05) is 0 Å². The molecule has 0 bridgehead atoms. The van der Waals surface area contributed by atoms with Crippen LogP contribution in [0.25, 0.3) is 0 Å². The van der Waals surface area contributed by atoms with Crippen LogP contribution in [0.4, 0.5) is 0 Å². The standard InChI is InChI=1S/C10H9BrO4/c11-5-1-2-8-6(3-5)7(12)4-9(15-8)10(13)14/h1-3,7,9,12H,4H2,(H,13,14). The molecule has 1 aliphatic rings. The van der Waals surface area contributed by atoms with Gasteiger partial charge in [-0.05, 0) is 18.2 Å². The van der Waals surface area contributed by atoms with Crippen LogP contribution in [0.15, 0.2) is 22.7 Å². The Hall–Kier alpha value is -1.07. The Morgan fingerprint density at radius 3 is 2.93 bits per heavy atom. The second-order valence-corrected chi connectivity index (χ2v) is 4.29. The minimum Gasteiger partial charge on any atom is -0.479 e. The number of hydrogen-bond donors (Lipinski definition) is 2. The predicted octanol–water partition coefficient (Wildman–Crippen LogP) is 1.72. The van der Waals surface area contributed by atoms with Gasteiger partial charge in [-0.25, -0.2) is 4.79 Å². The molecule has 0 spiro atoms. The van der Waals surface area contributed by atoms with Gasteiger partial charge in [0.05, 0.1) is 6.10 Å². The lowest BCUT2D eigenvalue weighted by molar-refractivity contribution is -0.147. The normalized spacial score (nSPS) is 24.1. The second-order valence-electron chi connectivity index (χ2n) is 3.38. The van der Waals surface area contributed by atoms with Crippen molar-refractivity contribution >= 4 is 21.9 Å². The smallest absolute Gasteiger partial charge is 0.345 e. The Labute approximate surface area is 94.6 Å². The molecule has 0 aliphatic carbocycles. The number of rotatable bonds is 1. The first-order valence-corrected chi connectivity index (χ1v) is 5.24. The van der Waals surface area contributed by atoms with E-state index >= 15 is 0 Å². The summed E-state index contributed by atoms with van der Waals surface area (Å²) in [6.07, 6.45) is -1.67. The molecule has 0 saturated heterocycles. The summed E-state index contributed by atoms with van der Waals surface area (Å²) in [5.74, 6) is -0.619. The van der Waals surface area contributed by atoms with E-state index in [0.717, 1.165) is 4.47 Å². The molecule has 0 aromatic heterocycles. The highest BCUT2D eigenvalue weighted by Gasteiger charge is 2.31. The Morgan fingerprint density at radius 2 is 2.27 bits per heavy atom. The lowest BCUT2D eigenvalue weighted by atomic mass is 9.99. The molecule has 1 heterocycles. The molecular formula is C10H9BrO4. The van der Waals surface area contributed by atoms with Crippen LogP contribution in [0.1, 0.15) is 18.1 Å². The highest BCUT2D eigenvalue weighted by Crippen LogP contribution is 2.36. The summed E-state index contributed by atoms with van der Waals surface area (Å²) < 4.78 is 6.07. The fraction of sp³-hybridized carbons (Fsp3) is 0.300. The Kier molecular flexibility index (Phi) is 2.67. The number of aliphatic carboxylic acids is 1. The zero-order valence-electron chi connectivity index (χ0n) is 7.68. The molecule has 4 nitrogen and oxygen atoms in total. The van der Waals surface area contributed by atoms with Crippen molar-refractivity contribution in [3.8, 4) is 5.75 Å². The maximum atomic E-state index is 10.7. The lowest BCUT2D eigenvalue weighted by Crippen LogP contribution is -2.32. The van der Waals surface area contributed by atoms with Gasteiger partial charge in [-0.2, -0.15) is 0 Å². The van der Waals surface area contributed by atoms with Gasteiger partial charge in [0.25, 0.3) is 0 Å². The molecule has 2 unspecified atom stereocenters. The summed E-state index contributed by atoms with van der Waals surface area (Å²) in [4.78, 5) is 10.7. The van der Waals surface area contributed by atoms with E-state index in [1.165, 1.54) is 0 Å². The van der Waals surface area contributed by atoms with E-state index < -0.39 is 18.2 Å². The average molecular weight is 273 g/mol. The number of aliphatic hydroxyl groups excluding tert-OH is 1. The van der Waals surface area contributed by atoms with Gasteiger partial charge in [-0.1, -0.05) is 15.9 Å². The lowest BCUT2D eigenvalue weighted by Gasteiger charge is -2.27. The maximum absolute atomic E-state index is 10.7. The van der Waals surface area contributed by atoms with Crippen molar-refractivity contribution in [3.63, 3.8) is 0 Å². The molecule has 15 heavy (non-hydrogen) atoms. The molecule has 5 heteroatoms. The molecule has 2 N–H and O–H groups in total. The van der Waals surface area contributed by atoms with Gasteiger partial charge in [0, 0.05) is 16.5 Å². The van der Waals surface area contributed by atoms with Crippen molar-refractivity contribution in [1.29, 1.82) is 0 Å². The molecule has 1 aromatic rings. The summed E-state index contributed by atoms with van der Waals surface area (Å²) in [5, 5.41) is 18.5. The molecule has 2 rings (SSSR count).